The number of hydrogen-bond acceptors (Lipinski definition) is 5. The molecule has 1 aliphatic rings. The second-order valence-corrected chi connectivity index (χ2v) is 7.14. The lowest BCUT2D eigenvalue weighted by Gasteiger charge is -2.16. The number of aryl methyl sites for hydroxylation is 2. The number of pyridine rings is 1. The predicted octanol–water partition coefficient (Wildman–Crippen LogP) is 2.77. The van der Waals surface area contributed by atoms with Gasteiger partial charge in [0, 0.05) is 30.6 Å². The molecule has 1 aliphatic heterocycles. The molecule has 6 heteroatoms. The van der Waals surface area contributed by atoms with Gasteiger partial charge in [0.05, 0.1) is 17.3 Å². The van der Waals surface area contributed by atoms with Gasteiger partial charge in [-0.05, 0) is 37.5 Å². The summed E-state index contributed by atoms with van der Waals surface area (Å²) in [4.78, 5) is 19.1. The zero-order valence-electron chi connectivity index (χ0n) is 15.6. The SMILES string of the molecule is CCc1noc(C)c1C(=O)N1C[C@@H](Cc2ccnc3ccccc23)[C@H](O)C1. The third-order valence-electron chi connectivity index (χ3n) is 5.40. The Labute approximate surface area is 157 Å². The smallest absolute Gasteiger partial charge is 0.259 e. The van der Waals surface area contributed by atoms with Crippen molar-refractivity contribution in [3.63, 3.8) is 0 Å². The number of aliphatic hydroxyl groups is 1. The molecule has 1 N–H and O–H groups in total. The van der Waals surface area contributed by atoms with Crippen LogP contribution in [0, 0.1) is 12.8 Å². The highest BCUT2D eigenvalue weighted by molar-refractivity contribution is 5.96. The van der Waals surface area contributed by atoms with Gasteiger partial charge < -0.3 is 14.5 Å². The molecular weight excluding hydrogens is 342 g/mol. The molecule has 1 amide bonds. The van der Waals surface area contributed by atoms with E-state index in [4.69, 9.17) is 4.52 Å². The standard InChI is InChI=1S/C21H23N3O3/c1-3-17-20(13(2)27-23-17)21(26)24-11-15(19(25)12-24)10-14-8-9-22-18-7-5-4-6-16(14)18/h4-9,15,19,25H,3,10-12H2,1-2H3/t15-,19-/m1/s1. The summed E-state index contributed by atoms with van der Waals surface area (Å²) >= 11 is 0. The van der Waals surface area contributed by atoms with Crippen LogP contribution in [0.25, 0.3) is 10.9 Å². The molecule has 0 radical (unpaired) electrons. The Morgan fingerprint density at radius 1 is 1.30 bits per heavy atom. The number of fused-ring (bicyclic) bond motifs is 1. The fourth-order valence-corrected chi connectivity index (χ4v) is 3.93. The maximum Gasteiger partial charge on any atom is 0.259 e. The first kappa shape index (κ1) is 17.7. The molecule has 4 rings (SSSR count). The fraction of sp³-hybridized carbons (Fsp3) is 0.381. The highest BCUT2D eigenvalue weighted by Gasteiger charge is 2.36. The maximum absolute atomic E-state index is 13.0. The van der Waals surface area contributed by atoms with E-state index in [1.54, 1.807) is 18.0 Å². The van der Waals surface area contributed by atoms with Crippen LogP contribution in [0.5, 0.6) is 0 Å². The number of aliphatic hydroxyl groups excluding tert-OH is 1. The average Bonchev–Trinajstić information content (AvgIpc) is 3.24. The van der Waals surface area contributed by atoms with Crippen LogP contribution in [0.2, 0.25) is 0 Å². The summed E-state index contributed by atoms with van der Waals surface area (Å²) in [6.45, 7) is 4.56. The summed E-state index contributed by atoms with van der Waals surface area (Å²) < 4.78 is 5.20. The predicted molar refractivity (Wildman–Crippen MR) is 101 cm³/mol. The first-order chi connectivity index (χ1) is 13.1. The largest absolute Gasteiger partial charge is 0.391 e. The average molecular weight is 365 g/mol. The molecule has 1 aromatic carbocycles. The molecule has 2 atom stereocenters. The molecule has 1 saturated heterocycles. The minimum Gasteiger partial charge on any atom is -0.391 e. The topological polar surface area (TPSA) is 79.5 Å². The van der Waals surface area contributed by atoms with Crippen molar-refractivity contribution in [2.45, 2.75) is 32.8 Å². The molecular formula is C21H23N3O3. The van der Waals surface area contributed by atoms with Crippen LogP contribution in [0.1, 0.15) is 34.3 Å². The minimum absolute atomic E-state index is 0.00926. The molecule has 0 bridgehead atoms. The van der Waals surface area contributed by atoms with Crippen LogP contribution in [-0.4, -0.2) is 45.2 Å². The van der Waals surface area contributed by atoms with Gasteiger partial charge in [-0.1, -0.05) is 30.3 Å². The summed E-state index contributed by atoms with van der Waals surface area (Å²) in [6.07, 6.45) is 2.60. The second-order valence-electron chi connectivity index (χ2n) is 7.14. The normalized spacial score (nSPS) is 19.7. The van der Waals surface area contributed by atoms with E-state index >= 15 is 0 Å². The number of amides is 1. The van der Waals surface area contributed by atoms with Crippen molar-refractivity contribution in [3.8, 4) is 0 Å². The van der Waals surface area contributed by atoms with Gasteiger partial charge in [0.2, 0.25) is 0 Å². The Balaban J connectivity index is 1.55. The highest BCUT2D eigenvalue weighted by atomic mass is 16.5. The van der Waals surface area contributed by atoms with Crippen LogP contribution >= 0.6 is 0 Å². The summed E-state index contributed by atoms with van der Waals surface area (Å²) in [5.41, 5.74) is 3.31. The van der Waals surface area contributed by atoms with E-state index in [9.17, 15) is 9.90 Å². The number of hydrogen-bond donors (Lipinski definition) is 1. The second kappa shape index (κ2) is 7.12. The third kappa shape index (κ3) is 3.21. The molecule has 3 heterocycles. The van der Waals surface area contributed by atoms with E-state index in [2.05, 4.69) is 16.2 Å². The number of carbonyl (C=O) groups is 1. The summed E-state index contributed by atoms with van der Waals surface area (Å²) in [5.74, 6) is 0.423. The van der Waals surface area contributed by atoms with Crippen molar-refractivity contribution in [1.29, 1.82) is 0 Å². The van der Waals surface area contributed by atoms with Crippen LogP contribution in [0.3, 0.4) is 0 Å². The van der Waals surface area contributed by atoms with E-state index in [1.165, 1.54) is 0 Å². The molecule has 0 aliphatic carbocycles. The molecule has 0 unspecified atom stereocenters. The van der Waals surface area contributed by atoms with Crippen molar-refractivity contribution in [3.05, 3.63) is 59.1 Å². The third-order valence-corrected chi connectivity index (χ3v) is 5.40. The first-order valence-corrected chi connectivity index (χ1v) is 9.33. The van der Waals surface area contributed by atoms with E-state index in [0.717, 1.165) is 16.5 Å². The molecule has 1 fully saturated rings. The Morgan fingerprint density at radius 2 is 2.11 bits per heavy atom. The van der Waals surface area contributed by atoms with Gasteiger partial charge in [-0.25, -0.2) is 0 Å². The maximum atomic E-state index is 13.0. The minimum atomic E-state index is -0.550. The van der Waals surface area contributed by atoms with Crippen LogP contribution in [0.4, 0.5) is 0 Å². The molecule has 140 valence electrons. The number of para-hydroxylation sites is 1. The van der Waals surface area contributed by atoms with Gasteiger partial charge in [0.15, 0.2) is 0 Å². The number of β-amino-alcohol motifs (C(OH)–C–C–N with tert-alkyl or cyclic N) is 1. The van der Waals surface area contributed by atoms with E-state index < -0.39 is 6.10 Å². The monoisotopic (exact) mass is 365 g/mol. The van der Waals surface area contributed by atoms with Crippen LogP contribution in [0.15, 0.2) is 41.1 Å². The zero-order valence-corrected chi connectivity index (χ0v) is 15.6. The molecule has 6 nitrogen and oxygen atoms in total. The van der Waals surface area contributed by atoms with Gasteiger partial charge in [0.25, 0.3) is 5.91 Å². The molecule has 0 spiro atoms. The Kier molecular flexibility index (Phi) is 4.66. The lowest BCUT2D eigenvalue weighted by Crippen LogP contribution is -2.30. The molecule has 3 aromatic rings. The van der Waals surface area contributed by atoms with Gasteiger partial charge in [-0.15, -0.1) is 0 Å². The number of nitrogens with zero attached hydrogens (tertiary/aromatic N) is 3. The van der Waals surface area contributed by atoms with Crippen molar-refractivity contribution >= 4 is 16.8 Å². The van der Waals surface area contributed by atoms with Gasteiger partial charge >= 0.3 is 0 Å². The number of aromatic nitrogens is 2. The number of benzene rings is 1. The lowest BCUT2D eigenvalue weighted by molar-refractivity contribution is 0.0762. The van der Waals surface area contributed by atoms with Crippen molar-refractivity contribution in [1.82, 2.24) is 15.0 Å². The summed E-state index contributed by atoms with van der Waals surface area (Å²) in [6, 6.07) is 10.0. The zero-order chi connectivity index (χ0) is 19.0. The molecule has 27 heavy (non-hydrogen) atoms. The molecule has 2 aromatic heterocycles. The van der Waals surface area contributed by atoms with Gasteiger partial charge in [0.1, 0.15) is 11.3 Å². The number of rotatable bonds is 4. The first-order valence-electron chi connectivity index (χ1n) is 9.33. The van der Waals surface area contributed by atoms with Crippen molar-refractivity contribution in [2.24, 2.45) is 5.92 Å². The number of likely N-dealkylation sites (tertiary alicyclic amines) is 1. The van der Waals surface area contributed by atoms with E-state index in [-0.39, 0.29) is 11.8 Å². The van der Waals surface area contributed by atoms with E-state index in [1.807, 2.05) is 31.2 Å². The van der Waals surface area contributed by atoms with Gasteiger partial charge in [-0.3, -0.25) is 9.78 Å². The molecule has 0 saturated carbocycles. The Hall–Kier alpha value is -2.73. The highest BCUT2D eigenvalue weighted by Crippen LogP contribution is 2.27. The summed E-state index contributed by atoms with van der Waals surface area (Å²) in [5, 5.41) is 15.7. The van der Waals surface area contributed by atoms with Crippen LogP contribution in [-0.2, 0) is 12.8 Å². The quantitative estimate of drug-likeness (QED) is 0.769. The Bertz CT molecular complexity index is 976. The fourth-order valence-electron chi connectivity index (χ4n) is 3.93. The van der Waals surface area contributed by atoms with Gasteiger partial charge in [-0.2, -0.15) is 0 Å². The lowest BCUT2D eigenvalue weighted by atomic mass is 9.94. The Morgan fingerprint density at radius 3 is 2.93 bits per heavy atom. The summed E-state index contributed by atoms with van der Waals surface area (Å²) in [7, 11) is 0. The van der Waals surface area contributed by atoms with Crippen molar-refractivity contribution < 1.29 is 14.4 Å². The number of carbonyl (C=O) groups excluding carboxylic acids is 1. The van der Waals surface area contributed by atoms with Crippen molar-refractivity contribution in [2.75, 3.05) is 13.1 Å². The van der Waals surface area contributed by atoms with E-state index in [0.29, 0.717) is 42.9 Å². The van der Waals surface area contributed by atoms with Crippen LogP contribution < -0.4 is 0 Å².